The van der Waals surface area contributed by atoms with Gasteiger partial charge in [-0.3, -0.25) is 0 Å². The first kappa shape index (κ1) is 15.6. The van der Waals surface area contributed by atoms with Crippen molar-refractivity contribution >= 4 is 26.0 Å². The van der Waals surface area contributed by atoms with Gasteiger partial charge in [0.05, 0.1) is 4.90 Å². The van der Waals surface area contributed by atoms with Crippen molar-refractivity contribution in [1.29, 1.82) is 0 Å². The third-order valence-corrected chi connectivity index (χ3v) is 6.03. The highest BCUT2D eigenvalue weighted by molar-refractivity contribution is 9.09. The first-order valence-corrected chi connectivity index (χ1v) is 8.70. The fraction of sp³-hybridized carbons (Fsp3) is 0.538. The van der Waals surface area contributed by atoms with Gasteiger partial charge in [0.2, 0.25) is 10.0 Å². The molecule has 1 unspecified atom stereocenters. The van der Waals surface area contributed by atoms with Gasteiger partial charge in [0, 0.05) is 16.4 Å². The Bertz CT molecular complexity index is 598. The summed E-state index contributed by atoms with van der Waals surface area (Å²) >= 11 is 3.41. The van der Waals surface area contributed by atoms with Crippen LogP contribution in [0.4, 0.5) is 0 Å². The van der Waals surface area contributed by atoms with Gasteiger partial charge in [-0.1, -0.05) is 22.9 Å². The van der Waals surface area contributed by atoms with Crippen molar-refractivity contribution in [2.24, 2.45) is 0 Å². The Labute approximate surface area is 127 Å². The van der Waals surface area contributed by atoms with Crippen molar-refractivity contribution in [1.82, 2.24) is 4.72 Å². The fourth-order valence-electron chi connectivity index (χ4n) is 1.68. The van der Waals surface area contributed by atoms with Gasteiger partial charge in [-0.25, -0.2) is 13.1 Å². The number of sulfonamides is 1. The fourth-order valence-corrected chi connectivity index (χ4v) is 3.44. The van der Waals surface area contributed by atoms with Crippen molar-refractivity contribution in [3.05, 3.63) is 18.2 Å². The molecule has 0 saturated carbocycles. The Morgan fingerprint density at radius 3 is 2.45 bits per heavy atom. The molecule has 1 heterocycles. The van der Waals surface area contributed by atoms with Gasteiger partial charge in [-0.15, -0.1) is 0 Å². The van der Waals surface area contributed by atoms with Gasteiger partial charge >= 0.3 is 0 Å². The van der Waals surface area contributed by atoms with Gasteiger partial charge in [-0.05, 0) is 26.0 Å². The number of ether oxygens (including phenoxy) is 2. The summed E-state index contributed by atoms with van der Waals surface area (Å²) < 4.78 is 38.3. The second kappa shape index (κ2) is 5.54. The highest BCUT2D eigenvalue weighted by Gasteiger charge is 2.30. The molecule has 0 radical (unpaired) electrons. The van der Waals surface area contributed by atoms with Gasteiger partial charge in [0.25, 0.3) is 0 Å². The van der Waals surface area contributed by atoms with Crippen LogP contribution in [-0.4, -0.2) is 32.0 Å². The molecule has 2 rings (SSSR count). The van der Waals surface area contributed by atoms with Crippen LogP contribution in [0, 0.1) is 0 Å². The Balaban J connectivity index is 2.30. The zero-order valence-electron chi connectivity index (χ0n) is 11.6. The lowest BCUT2D eigenvalue weighted by Crippen LogP contribution is -2.48. The van der Waals surface area contributed by atoms with E-state index in [2.05, 4.69) is 20.7 Å². The van der Waals surface area contributed by atoms with E-state index < -0.39 is 15.6 Å². The predicted molar refractivity (Wildman–Crippen MR) is 80.2 cm³/mol. The molecule has 1 N–H and O–H groups in total. The van der Waals surface area contributed by atoms with Crippen LogP contribution < -0.4 is 14.2 Å². The normalized spacial score (nSPS) is 16.8. The van der Waals surface area contributed by atoms with Crippen LogP contribution in [0.2, 0.25) is 0 Å². The Morgan fingerprint density at radius 1 is 1.25 bits per heavy atom. The topological polar surface area (TPSA) is 64.6 Å². The molecule has 0 aliphatic carbocycles. The first-order valence-electron chi connectivity index (χ1n) is 6.30. The van der Waals surface area contributed by atoms with Crippen LogP contribution in [0.1, 0.15) is 20.8 Å². The number of hydrogen-bond donors (Lipinski definition) is 1. The van der Waals surface area contributed by atoms with E-state index in [1.54, 1.807) is 6.07 Å². The van der Waals surface area contributed by atoms with Crippen LogP contribution in [0.15, 0.2) is 23.1 Å². The van der Waals surface area contributed by atoms with Crippen molar-refractivity contribution < 1.29 is 17.9 Å². The van der Waals surface area contributed by atoms with E-state index in [1.165, 1.54) is 12.1 Å². The summed E-state index contributed by atoms with van der Waals surface area (Å²) in [6.45, 7) is 6.44. The van der Waals surface area contributed by atoms with Gasteiger partial charge < -0.3 is 9.47 Å². The lowest BCUT2D eigenvalue weighted by molar-refractivity contribution is 0.171. The zero-order chi connectivity index (χ0) is 15.0. The number of halogens is 1. The van der Waals surface area contributed by atoms with Gasteiger partial charge in [0.1, 0.15) is 13.2 Å². The van der Waals surface area contributed by atoms with Gasteiger partial charge in [-0.2, -0.15) is 0 Å². The van der Waals surface area contributed by atoms with E-state index in [0.717, 1.165) is 0 Å². The van der Waals surface area contributed by atoms with Crippen molar-refractivity contribution in [2.45, 2.75) is 36.0 Å². The van der Waals surface area contributed by atoms with E-state index in [1.807, 2.05) is 20.8 Å². The number of fused-ring (bicyclic) bond motifs is 1. The van der Waals surface area contributed by atoms with Gasteiger partial charge in [0.15, 0.2) is 11.5 Å². The monoisotopic (exact) mass is 363 g/mol. The van der Waals surface area contributed by atoms with Crippen molar-refractivity contribution in [3.8, 4) is 11.5 Å². The lowest BCUT2D eigenvalue weighted by atomic mass is 10.0. The smallest absolute Gasteiger partial charge is 0.241 e. The van der Waals surface area contributed by atoms with E-state index in [9.17, 15) is 8.42 Å². The first-order chi connectivity index (χ1) is 9.22. The summed E-state index contributed by atoms with van der Waals surface area (Å²) in [6.07, 6.45) is 0. The summed E-state index contributed by atoms with van der Waals surface area (Å²) in [5, 5.41) is 0. The largest absolute Gasteiger partial charge is 0.486 e. The molecule has 1 aromatic carbocycles. The third kappa shape index (κ3) is 3.27. The Hall–Kier alpha value is -0.790. The Morgan fingerprint density at radius 2 is 1.85 bits per heavy atom. The SMILES string of the molecule is CC(Br)C(C)(C)NS(=O)(=O)c1ccc2c(c1)OCCO2. The van der Waals surface area contributed by atoms with E-state index in [-0.39, 0.29) is 9.72 Å². The molecule has 0 aromatic heterocycles. The second-order valence-corrected chi connectivity index (χ2v) is 8.30. The molecule has 1 aliphatic rings. The highest BCUT2D eigenvalue weighted by atomic mass is 79.9. The number of nitrogens with one attached hydrogen (secondary N) is 1. The van der Waals surface area contributed by atoms with E-state index in [4.69, 9.17) is 9.47 Å². The van der Waals surface area contributed by atoms with Crippen molar-refractivity contribution in [2.75, 3.05) is 13.2 Å². The molecule has 20 heavy (non-hydrogen) atoms. The average Bonchev–Trinajstić information content (AvgIpc) is 2.36. The number of hydrogen-bond acceptors (Lipinski definition) is 4. The summed E-state index contributed by atoms with van der Waals surface area (Å²) in [5.41, 5.74) is -0.605. The number of rotatable bonds is 4. The van der Waals surface area contributed by atoms with Crippen LogP contribution in [-0.2, 0) is 10.0 Å². The lowest BCUT2D eigenvalue weighted by Gasteiger charge is -2.29. The van der Waals surface area contributed by atoms with Crippen LogP contribution in [0.3, 0.4) is 0 Å². The molecule has 1 aromatic rings. The average molecular weight is 364 g/mol. The predicted octanol–water partition coefficient (Wildman–Crippen LogP) is 2.30. The maximum absolute atomic E-state index is 12.4. The molecule has 0 spiro atoms. The molecule has 1 atom stereocenters. The molecule has 5 nitrogen and oxygen atoms in total. The molecular weight excluding hydrogens is 346 g/mol. The standard InChI is InChI=1S/C13H18BrNO4S/c1-9(14)13(2,3)15-20(16,17)10-4-5-11-12(8-10)19-7-6-18-11/h4-5,8-9,15H,6-7H2,1-3H3. The summed E-state index contributed by atoms with van der Waals surface area (Å²) in [4.78, 5) is 0.157. The third-order valence-electron chi connectivity index (χ3n) is 3.22. The summed E-state index contributed by atoms with van der Waals surface area (Å²) in [5.74, 6) is 1.03. The van der Waals surface area contributed by atoms with E-state index in [0.29, 0.717) is 24.7 Å². The molecule has 0 bridgehead atoms. The minimum Gasteiger partial charge on any atom is -0.486 e. The van der Waals surface area contributed by atoms with Crippen LogP contribution in [0.25, 0.3) is 0 Å². The molecule has 112 valence electrons. The maximum atomic E-state index is 12.4. The maximum Gasteiger partial charge on any atom is 0.241 e. The molecular formula is C13H18BrNO4S. The number of alkyl halides is 1. The molecule has 7 heteroatoms. The summed E-state index contributed by atoms with van der Waals surface area (Å²) in [7, 11) is -3.61. The zero-order valence-corrected chi connectivity index (χ0v) is 14.0. The molecule has 0 amide bonds. The molecule has 1 aliphatic heterocycles. The minimum absolute atomic E-state index is 0.0121. The second-order valence-electron chi connectivity index (χ2n) is 5.25. The summed E-state index contributed by atoms with van der Waals surface area (Å²) in [6, 6.07) is 4.63. The molecule has 0 saturated heterocycles. The van der Waals surface area contributed by atoms with E-state index >= 15 is 0 Å². The number of benzene rings is 1. The van der Waals surface area contributed by atoms with Crippen molar-refractivity contribution in [3.63, 3.8) is 0 Å². The highest BCUT2D eigenvalue weighted by Crippen LogP contribution is 2.32. The van der Waals surface area contributed by atoms with Crippen LogP contribution in [0.5, 0.6) is 11.5 Å². The van der Waals surface area contributed by atoms with Crippen LogP contribution >= 0.6 is 15.9 Å². The Kier molecular flexibility index (Phi) is 4.32. The minimum atomic E-state index is -3.61. The quantitative estimate of drug-likeness (QED) is 0.833. The molecule has 0 fully saturated rings.